The fourth-order valence-electron chi connectivity index (χ4n) is 1.99. The molecule has 0 fully saturated rings. The Morgan fingerprint density at radius 1 is 1.12 bits per heavy atom. The molecule has 0 aliphatic carbocycles. The quantitative estimate of drug-likeness (QED) is 0.413. The van der Waals surface area contributed by atoms with Crippen LogP contribution in [-0.4, -0.2) is 35.1 Å². The third kappa shape index (κ3) is 2.70. The van der Waals surface area contributed by atoms with Crippen molar-refractivity contribution in [2.45, 2.75) is 0 Å². The van der Waals surface area contributed by atoms with Crippen LogP contribution in [0.25, 0.3) is 16.9 Å². The third-order valence-corrected chi connectivity index (χ3v) is 3.64. The number of nitrogens with zero attached hydrogens (tertiary/aromatic N) is 5. The summed E-state index contributed by atoms with van der Waals surface area (Å²) in [5.41, 5.74) is 0.0264. The van der Waals surface area contributed by atoms with Gasteiger partial charge in [0.2, 0.25) is 5.75 Å². The zero-order chi connectivity index (χ0) is 17.4. The molecule has 2 aromatic heterocycles. The van der Waals surface area contributed by atoms with Gasteiger partial charge in [-0.25, -0.2) is 0 Å². The summed E-state index contributed by atoms with van der Waals surface area (Å²) in [7, 11) is 0. The number of rotatable bonds is 3. The van der Waals surface area contributed by atoms with Crippen LogP contribution in [0, 0.1) is 10.1 Å². The number of benzene rings is 1. The van der Waals surface area contributed by atoms with Gasteiger partial charge in [-0.2, -0.15) is 5.10 Å². The van der Waals surface area contributed by atoms with E-state index in [1.807, 2.05) is 0 Å². The van der Waals surface area contributed by atoms with Gasteiger partial charge in [-0.1, -0.05) is 23.2 Å². The number of pyridine rings is 1. The summed E-state index contributed by atoms with van der Waals surface area (Å²) in [6, 6.07) is 2.20. The highest BCUT2D eigenvalue weighted by atomic mass is 35.5. The molecular weight excluding hydrogens is 361 g/mol. The molecule has 11 heteroatoms. The Morgan fingerprint density at radius 3 is 2.42 bits per heavy atom. The average molecular weight is 368 g/mol. The number of nitro benzene ring substituents is 1. The summed E-state index contributed by atoms with van der Waals surface area (Å²) in [4.78, 5) is 15.1. The molecule has 0 bridgehead atoms. The predicted molar refractivity (Wildman–Crippen MR) is 84.6 cm³/mol. The second-order valence-electron chi connectivity index (χ2n) is 4.59. The lowest BCUT2D eigenvalue weighted by atomic mass is 10.1. The minimum atomic E-state index is -0.823. The van der Waals surface area contributed by atoms with E-state index >= 15 is 0 Å². The van der Waals surface area contributed by atoms with Crippen molar-refractivity contribution in [3.8, 4) is 28.4 Å². The maximum absolute atomic E-state index is 10.9. The van der Waals surface area contributed by atoms with Crippen molar-refractivity contribution in [1.82, 2.24) is 20.0 Å². The molecule has 0 aliphatic heterocycles. The highest BCUT2D eigenvalue weighted by Gasteiger charge is 2.21. The van der Waals surface area contributed by atoms with Crippen LogP contribution in [0.5, 0.6) is 11.5 Å². The Kier molecular flexibility index (Phi) is 3.96. The molecule has 122 valence electrons. The van der Waals surface area contributed by atoms with Gasteiger partial charge < -0.3 is 10.2 Å². The molecule has 0 aliphatic rings. The minimum Gasteiger partial charge on any atom is -0.504 e. The maximum atomic E-state index is 10.9. The van der Waals surface area contributed by atoms with Crippen molar-refractivity contribution >= 4 is 28.9 Å². The number of phenols is 2. The average Bonchev–Trinajstić information content (AvgIpc) is 2.99. The fraction of sp³-hybridized carbons (Fsp3) is 0. The molecular formula is C13H7Cl2N5O4. The molecule has 3 aromatic rings. The van der Waals surface area contributed by atoms with Gasteiger partial charge in [0.25, 0.3) is 0 Å². The van der Waals surface area contributed by atoms with Crippen LogP contribution < -0.4 is 0 Å². The van der Waals surface area contributed by atoms with Crippen molar-refractivity contribution in [3.05, 3.63) is 50.9 Å². The van der Waals surface area contributed by atoms with Crippen molar-refractivity contribution < 1.29 is 15.1 Å². The second-order valence-corrected chi connectivity index (χ2v) is 5.41. The molecule has 2 heterocycles. The number of hydrogen-bond acceptors (Lipinski definition) is 7. The first-order chi connectivity index (χ1) is 11.4. The summed E-state index contributed by atoms with van der Waals surface area (Å²) < 4.78 is 0. The highest BCUT2D eigenvalue weighted by molar-refractivity contribution is 6.37. The molecule has 1 aromatic carbocycles. The Balaban J connectivity index is 2.11. The third-order valence-electron chi connectivity index (χ3n) is 3.08. The molecule has 0 atom stereocenters. The van der Waals surface area contributed by atoms with Crippen LogP contribution in [0.15, 0.2) is 30.7 Å². The van der Waals surface area contributed by atoms with Crippen LogP contribution in [0.2, 0.25) is 10.0 Å². The lowest BCUT2D eigenvalue weighted by molar-refractivity contribution is -0.385. The highest BCUT2D eigenvalue weighted by Crippen LogP contribution is 2.39. The minimum absolute atomic E-state index is 0.185. The summed E-state index contributed by atoms with van der Waals surface area (Å²) >= 11 is 12.0. The number of hydrogen-bond donors (Lipinski definition) is 2. The molecule has 0 unspecified atom stereocenters. The van der Waals surface area contributed by atoms with Gasteiger partial charge in [0, 0.05) is 24.0 Å². The number of phenolic OH excluding ortho intramolecular Hbond substituents is 2. The number of nitro groups is 1. The van der Waals surface area contributed by atoms with Gasteiger partial charge in [0.1, 0.15) is 11.4 Å². The molecule has 2 N–H and O–H groups in total. The van der Waals surface area contributed by atoms with E-state index < -0.39 is 22.1 Å². The molecule has 0 amide bonds. The van der Waals surface area contributed by atoms with Gasteiger partial charge in [-0.05, 0) is 6.07 Å². The molecule has 9 nitrogen and oxygen atoms in total. The van der Waals surface area contributed by atoms with Gasteiger partial charge in [0.15, 0.2) is 5.75 Å². The van der Waals surface area contributed by atoms with E-state index in [1.165, 1.54) is 18.6 Å². The van der Waals surface area contributed by atoms with Gasteiger partial charge in [-0.15, -0.1) is 9.90 Å². The van der Waals surface area contributed by atoms with Crippen molar-refractivity contribution in [2.75, 3.05) is 0 Å². The lowest BCUT2D eigenvalue weighted by Gasteiger charge is -2.04. The van der Waals surface area contributed by atoms with E-state index in [4.69, 9.17) is 23.2 Å². The molecule has 0 radical (unpaired) electrons. The van der Waals surface area contributed by atoms with Crippen molar-refractivity contribution in [1.29, 1.82) is 0 Å². The van der Waals surface area contributed by atoms with Crippen LogP contribution in [-0.2, 0) is 0 Å². The van der Waals surface area contributed by atoms with Crippen molar-refractivity contribution in [3.63, 3.8) is 0 Å². The summed E-state index contributed by atoms with van der Waals surface area (Å²) in [5.74, 6) is -1.47. The van der Waals surface area contributed by atoms with E-state index in [1.54, 1.807) is 0 Å². The number of aromatic nitrogens is 4. The zero-order valence-electron chi connectivity index (χ0n) is 11.6. The first-order valence-electron chi connectivity index (χ1n) is 6.31. The predicted octanol–water partition coefficient (Wildman–Crippen LogP) is 2.96. The molecule has 0 saturated carbocycles. The normalized spacial score (nSPS) is 10.8. The lowest BCUT2D eigenvalue weighted by Crippen LogP contribution is -2.01. The van der Waals surface area contributed by atoms with E-state index in [-0.39, 0.29) is 27.0 Å². The molecule has 0 saturated heterocycles. The monoisotopic (exact) mass is 367 g/mol. The van der Waals surface area contributed by atoms with E-state index in [0.717, 1.165) is 16.9 Å². The first-order valence-corrected chi connectivity index (χ1v) is 7.06. The summed E-state index contributed by atoms with van der Waals surface area (Å²) in [6.45, 7) is 0. The van der Waals surface area contributed by atoms with E-state index in [2.05, 4.69) is 15.2 Å². The first kappa shape index (κ1) is 16.0. The zero-order valence-corrected chi connectivity index (χ0v) is 13.1. The molecule has 0 spiro atoms. The Hall–Kier alpha value is -2.91. The van der Waals surface area contributed by atoms with Gasteiger partial charge in [-0.3, -0.25) is 15.1 Å². The molecule has 3 rings (SSSR count). The Labute approximate surface area is 143 Å². The topological polar surface area (TPSA) is 127 Å². The Bertz CT molecular complexity index is 939. The van der Waals surface area contributed by atoms with Gasteiger partial charge >= 0.3 is 5.69 Å². The van der Waals surface area contributed by atoms with E-state index in [0.29, 0.717) is 0 Å². The second kappa shape index (κ2) is 5.95. The fourth-order valence-corrected chi connectivity index (χ4v) is 2.51. The van der Waals surface area contributed by atoms with Crippen LogP contribution >= 0.6 is 23.2 Å². The summed E-state index contributed by atoms with van der Waals surface area (Å²) in [5, 5.41) is 38.7. The SMILES string of the molecule is O=[N+]([O-])c1cc(-c2cnn(-c3c(Cl)cncc3Cl)n2)cc(O)c1O. The molecule has 24 heavy (non-hydrogen) atoms. The van der Waals surface area contributed by atoms with Crippen LogP contribution in [0.3, 0.4) is 0 Å². The van der Waals surface area contributed by atoms with Crippen LogP contribution in [0.4, 0.5) is 5.69 Å². The number of halogens is 2. The smallest absolute Gasteiger partial charge is 0.315 e. The maximum Gasteiger partial charge on any atom is 0.315 e. The van der Waals surface area contributed by atoms with Crippen molar-refractivity contribution in [2.24, 2.45) is 0 Å². The standard InChI is InChI=1S/C13H7Cl2N5O4/c14-7-3-16-4-8(15)12(7)19-17-5-9(18-19)6-1-10(20(23)24)13(22)11(21)2-6/h1-5,21-22H. The largest absolute Gasteiger partial charge is 0.504 e. The van der Waals surface area contributed by atoms with E-state index in [9.17, 15) is 20.3 Å². The van der Waals surface area contributed by atoms with Gasteiger partial charge in [0.05, 0.1) is 21.2 Å². The summed E-state index contributed by atoms with van der Waals surface area (Å²) in [6.07, 6.45) is 4.04. The Morgan fingerprint density at radius 2 is 1.79 bits per heavy atom. The van der Waals surface area contributed by atoms with Crippen LogP contribution in [0.1, 0.15) is 0 Å². The number of aromatic hydroxyl groups is 2.